The predicted molar refractivity (Wildman–Crippen MR) is 114 cm³/mol. The van der Waals surface area contributed by atoms with Crippen molar-refractivity contribution < 1.29 is 0 Å². The number of aromatic nitrogens is 1. The number of rotatable bonds is 4. The molecule has 1 aromatic heterocycles. The Morgan fingerprint density at radius 3 is 2.08 bits per heavy atom. The van der Waals surface area contributed by atoms with Gasteiger partial charge in [0.2, 0.25) is 0 Å². The summed E-state index contributed by atoms with van der Waals surface area (Å²) in [6.45, 7) is 6.23. The summed E-state index contributed by atoms with van der Waals surface area (Å²) in [6.07, 6.45) is 6.25. The average Bonchev–Trinajstić information content (AvgIpc) is 3.09. The highest BCUT2D eigenvalue weighted by Crippen LogP contribution is 2.38. The van der Waals surface area contributed by atoms with Crippen molar-refractivity contribution in [3.05, 3.63) is 79.0 Å². The van der Waals surface area contributed by atoms with E-state index in [-0.39, 0.29) is 0 Å². The predicted octanol–water partition coefficient (Wildman–Crippen LogP) is 7.11. The van der Waals surface area contributed by atoms with Crippen molar-refractivity contribution in [2.45, 2.75) is 19.8 Å². The highest BCUT2D eigenvalue weighted by molar-refractivity contribution is 6.23. The van der Waals surface area contributed by atoms with E-state index in [4.69, 9.17) is 0 Å². The first-order chi connectivity index (χ1) is 12.8. The molecule has 5 aromatic rings. The molecular weight excluding hydrogens is 314 g/mol. The lowest BCUT2D eigenvalue weighted by Gasteiger charge is -2.14. The normalized spacial score (nSPS) is 11.7. The summed E-state index contributed by atoms with van der Waals surface area (Å²) in [7, 11) is 0. The smallest absolute Gasteiger partial charge is 0.0554 e. The van der Waals surface area contributed by atoms with Gasteiger partial charge in [-0.15, -0.1) is 0 Å². The fourth-order valence-electron chi connectivity index (χ4n) is 4.34. The van der Waals surface area contributed by atoms with Crippen LogP contribution in [0.5, 0.6) is 0 Å². The number of hydrogen-bond acceptors (Lipinski definition) is 0. The first-order valence-corrected chi connectivity index (χ1v) is 9.30. The molecule has 0 atom stereocenters. The minimum absolute atomic E-state index is 1.08. The second-order valence-corrected chi connectivity index (χ2v) is 7.04. The van der Waals surface area contributed by atoms with Crippen LogP contribution < -0.4 is 0 Å². The van der Waals surface area contributed by atoms with Gasteiger partial charge in [-0.3, -0.25) is 0 Å². The van der Waals surface area contributed by atoms with Crippen LogP contribution in [0.15, 0.2) is 73.4 Å². The summed E-state index contributed by atoms with van der Waals surface area (Å²) in [4.78, 5) is 0. The summed E-state index contributed by atoms with van der Waals surface area (Å²) >= 11 is 0. The van der Waals surface area contributed by atoms with Gasteiger partial charge in [0.15, 0.2) is 0 Å². The van der Waals surface area contributed by atoms with Gasteiger partial charge in [0.25, 0.3) is 0 Å². The lowest BCUT2D eigenvalue weighted by molar-refractivity contribution is 0.923. The highest BCUT2D eigenvalue weighted by Gasteiger charge is 2.14. The Bertz CT molecular complexity index is 1190. The Morgan fingerprint density at radius 1 is 0.846 bits per heavy atom. The Kier molecular flexibility index (Phi) is 3.36. The second-order valence-electron chi connectivity index (χ2n) is 7.04. The van der Waals surface area contributed by atoms with Crippen LogP contribution in [-0.2, 0) is 6.42 Å². The average molecular weight is 335 g/mol. The van der Waals surface area contributed by atoms with E-state index in [1.54, 1.807) is 0 Å². The van der Waals surface area contributed by atoms with Crippen LogP contribution >= 0.6 is 0 Å². The van der Waals surface area contributed by atoms with Crippen molar-refractivity contribution in [3.8, 4) is 11.3 Å². The lowest BCUT2D eigenvalue weighted by Crippen LogP contribution is -1.93. The molecule has 0 fully saturated rings. The zero-order valence-corrected chi connectivity index (χ0v) is 15.0. The molecule has 0 spiro atoms. The topological polar surface area (TPSA) is 4.93 Å². The molecule has 5 rings (SSSR count). The van der Waals surface area contributed by atoms with E-state index in [9.17, 15) is 0 Å². The molecule has 0 unspecified atom stereocenters. The summed E-state index contributed by atoms with van der Waals surface area (Å²) in [6, 6.07) is 22.5. The molecule has 0 radical (unpaired) electrons. The fraction of sp³-hybridized carbons (Fsp3) is 0.120. The molecule has 4 aromatic carbocycles. The van der Waals surface area contributed by atoms with Gasteiger partial charge in [0.05, 0.1) is 5.69 Å². The van der Waals surface area contributed by atoms with Crippen LogP contribution in [0.2, 0.25) is 0 Å². The Labute approximate surface area is 153 Å². The van der Waals surface area contributed by atoms with Gasteiger partial charge in [-0.05, 0) is 68.1 Å². The molecule has 0 N–H and O–H groups in total. The maximum atomic E-state index is 3.99. The van der Waals surface area contributed by atoms with Crippen LogP contribution in [0.3, 0.4) is 0 Å². The van der Waals surface area contributed by atoms with Gasteiger partial charge in [-0.2, -0.15) is 0 Å². The van der Waals surface area contributed by atoms with E-state index >= 15 is 0 Å². The van der Waals surface area contributed by atoms with Crippen LogP contribution in [0.4, 0.5) is 0 Å². The summed E-state index contributed by atoms with van der Waals surface area (Å²) in [5.41, 5.74) is 3.93. The van der Waals surface area contributed by atoms with Crippen LogP contribution in [0.25, 0.3) is 49.8 Å². The van der Waals surface area contributed by atoms with E-state index in [0.29, 0.717) is 0 Å². The first-order valence-electron chi connectivity index (χ1n) is 9.30. The van der Waals surface area contributed by atoms with Crippen LogP contribution in [-0.4, -0.2) is 4.57 Å². The van der Waals surface area contributed by atoms with E-state index < -0.39 is 0 Å². The number of hydrogen-bond donors (Lipinski definition) is 0. The van der Waals surface area contributed by atoms with Crippen molar-refractivity contribution in [3.63, 3.8) is 0 Å². The maximum Gasteiger partial charge on any atom is 0.0554 e. The molecule has 0 aliphatic carbocycles. The third-order valence-corrected chi connectivity index (χ3v) is 5.45. The summed E-state index contributed by atoms with van der Waals surface area (Å²) < 4.78 is 2.15. The van der Waals surface area contributed by atoms with Gasteiger partial charge in [0.1, 0.15) is 0 Å². The number of aryl methyl sites for hydroxylation is 1. The quantitative estimate of drug-likeness (QED) is 0.308. The van der Waals surface area contributed by atoms with Crippen LogP contribution in [0, 0.1) is 0 Å². The molecule has 1 nitrogen and oxygen atoms in total. The molecule has 1 heterocycles. The standard InChI is InChI=1S/C25H21N/c1-3-6-19-13-14-26(4-2)25(19)22-15-20-11-9-17-7-5-8-18-10-12-21(16-22)24(20)23(17)18/h4-5,7-16H,2-3,6H2,1H3. The number of benzene rings is 4. The molecule has 0 saturated heterocycles. The Balaban J connectivity index is 1.86. The summed E-state index contributed by atoms with van der Waals surface area (Å²) in [5, 5.41) is 7.99. The van der Waals surface area contributed by atoms with Crippen molar-refractivity contribution in [1.82, 2.24) is 4.57 Å². The largest absolute Gasteiger partial charge is 0.324 e. The molecule has 0 aliphatic heterocycles. The molecule has 0 aliphatic rings. The van der Waals surface area contributed by atoms with Crippen molar-refractivity contribution >= 4 is 38.5 Å². The van der Waals surface area contributed by atoms with Gasteiger partial charge in [0, 0.05) is 12.4 Å². The second kappa shape index (κ2) is 5.74. The van der Waals surface area contributed by atoms with Gasteiger partial charge < -0.3 is 4.57 Å². The lowest BCUT2D eigenvalue weighted by atomic mass is 9.91. The van der Waals surface area contributed by atoms with Gasteiger partial charge in [-0.1, -0.05) is 62.4 Å². The van der Waals surface area contributed by atoms with Gasteiger partial charge >= 0.3 is 0 Å². The molecule has 1 heteroatoms. The minimum atomic E-state index is 1.08. The molecule has 126 valence electrons. The summed E-state index contributed by atoms with van der Waals surface area (Å²) in [5.74, 6) is 0. The molecule has 0 saturated carbocycles. The molecular formula is C25H21N. The fourth-order valence-corrected chi connectivity index (χ4v) is 4.34. The van der Waals surface area contributed by atoms with Crippen molar-refractivity contribution in [2.24, 2.45) is 0 Å². The first kappa shape index (κ1) is 15.2. The van der Waals surface area contributed by atoms with E-state index in [0.717, 1.165) is 12.8 Å². The number of nitrogens with zero attached hydrogens (tertiary/aromatic N) is 1. The van der Waals surface area contributed by atoms with Gasteiger partial charge in [-0.25, -0.2) is 0 Å². The SMILES string of the molecule is C=Cn1ccc(CCC)c1-c1cc2ccc3cccc4ccc(c1)c2c34. The third kappa shape index (κ3) is 2.10. The monoisotopic (exact) mass is 335 g/mol. The van der Waals surface area contributed by atoms with Crippen molar-refractivity contribution in [2.75, 3.05) is 0 Å². The molecule has 0 amide bonds. The zero-order valence-electron chi connectivity index (χ0n) is 15.0. The van der Waals surface area contributed by atoms with E-state index in [1.165, 1.54) is 49.1 Å². The molecule has 0 bridgehead atoms. The zero-order chi connectivity index (χ0) is 17.7. The van der Waals surface area contributed by atoms with Crippen molar-refractivity contribution in [1.29, 1.82) is 0 Å². The Morgan fingerprint density at radius 2 is 1.46 bits per heavy atom. The van der Waals surface area contributed by atoms with E-state index in [2.05, 4.69) is 84.9 Å². The third-order valence-electron chi connectivity index (χ3n) is 5.45. The Hall–Kier alpha value is -3.06. The molecule has 26 heavy (non-hydrogen) atoms. The maximum absolute atomic E-state index is 3.99. The van der Waals surface area contributed by atoms with E-state index in [1.807, 2.05) is 6.20 Å². The minimum Gasteiger partial charge on any atom is -0.324 e. The highest BCUT2D eigenvalue weighted by atomic mass is 14.9. The van der Waals surface area contributed by atoms with Crippen LogP contribution in [0.1, 0.15) is 18.9 Å².